The van der Waals surface area contributed by atoms with Gasteiger partial charge in [-0.15, -0.1) is 0 Å². The fraction of sp³-hybridized carbons (Fsp3) is 0.0417. The molecule has 0 radical (unpaired) electrons. The van der Waals surface area contributed by atoms with Crippen molar-refractivity contribution in [2.45, 2.75) is 0 Å². The number of nitriles is 1. The molecular formula is C24H16N4O5. The lowest BCUT2D eigenvalue weighted by molar-refractivity contribution is -0.384. The normalized spacial score (nSPS) is 13.2. The predicted octanol–water partition coefficient (Wildman–Crippen LogP) is 3.87. The van der Waals surface area contributed by atoms with E-state index >= 15 is 0 Å². The van der Waals surface area contributed by atoms with E-state index in [2.05, 4.69) is 5.32 Å². The highest BCUT2D eigenvalue weighted by atomic mass is 16.6. The molecule has 162 valence electrons. The first-order chi connectivity index (χ1) is 15.9. The topological polar surface area (TPSA) is 126 Å². The van der Waals surface area contributed by atoms with Gasteiger partial charge in [-0.1, -0.05) is 6.07 Å². The zero-order valence-electron chi connectivity index (χ0n) is 17.3. The first kappa shape index (κ1) is 21.3. The zero-order valence-corrected chi connectivity index (χ0v) is 17.3. The number of methoxy groups -OCH3 is 1. The molecule has 0 bridgehead atoms. The van der Waals surface area contributed by atoms with Crippen LogP contribution in [0.15, 0.2) is 78.5 Å². The lowest BCUT2D eigenvalue weighted by Gasteiger charge is -2.15. The van der Waals surface area contributed by atoms with E-state index in [9.17, 15) is 19.7 Å². The first-order valence-corrected chi connectivity index (χ1v) is 9.72. The van der Waals surface area contributed by atoms with Crippen LogP contribution in [0.25, 0.3) is 5.57 Å². The van der Waals surface area contributed by atoms with Gasteiger partial charge in [-0.2, -0.15) is 5.26 Å². The van der Waals surface area contributed by atoms with Crippen molar-refractivity contribution < 1.29 is 19.2 Å². The molecule has 4 rings (SSSR count). The van der Waals surface area contributed by atoms with Crippen LogP contribution in [0.2, 0.25) is 0 Å². The van der Waals surface area contributed by atoms with Crippen molar-refractivity contribution in [2.75, 3.05) is 17.3 Å². The molecule has 0 unspecified atom stereocenters. The maximum absolute atomic E-state index is 13.4. The van der Waals surface area contributed by atoms with E-state index in [1.165, 1.54) is 55.6 Å². The minimum Gasteiger partial charge on any atom is -0.497 e. The summed E-state index contributed by atoms with van der Waals surface area (Å²) in [4.78, 5) is 38.2. The van der Waals surface area contributed by atoms with Gasteiger partial charge < -0.3 is 10.1 Å². The number of hydrogen-bond donors (Lipinski definition) is 1. The molecule has 0 fully saturated rings. The number of rotatable bonds is 6. The Morgan fingerprint density at radius 3 is 2.30 bits per heavy atom. The largest absolute Gasteiger partial charge is 0.497 e. The first-order valence-electron chi connectivity index (χ1n) is 9.72. The number of nitrogens with one attached hydrogen (secondary N) is 1. The van der Waals surface area contributed by atoms with Crippen LogP contribution in [0, 0.1) is 21.4 Å². The van der Waals surface area contributed by atoms with Crippen LogP contribution >= 0.6 is 0 Å². The summed E-state index contributed by atoms with van der Waals surface area (Å²) in [5.41, 5.74) is 1.50. The standard InChI is InChI=1S/C24H16N4O5/c1-33-20-4-2-3-17(13-20)26-22-21(16-7-11-19(12-8-16)28(31)32)23(29)27(24(22)30)18-9-5-15(14-25)6-10-18/h2-13,26H,1H3. The number of nitro groups is 1. The van der Waals surface area contributed by atoms with Crippen molar-refractivity contribution in [3.8, 4) is 11.8 Å². The molecule has 0 atom stereocenters. The Bertz CT molecular complexity index is 1340. The number of amides is 2. The smallest absolute Gasteiger partial charge is 0.282 e. The van der Waals surface area contributed by atoms with Gasteiger partial charge >= 0.3 is 0 Å². The van der Waals surface area contributed by atoms with Gasteiger partial charge in [-0.3, -0.25) is 19.7 Å². The Balaban J connectivity index is 1.80. The molecule has 9 heteroatoms. The number of hydrogen-bond acceptors (Lipinski definition) is 7. The second-order valence-electron chi connectivity index (χ2n) is 7.02. The Labute approximate surface area is 188 Å². The van der Waals surface area contributed by atoms with E-state index in [1.807, 2.05) is 6.07 Å². The summed E-state index contributed by atoms with van der Waals surface area (Å²) < 4.78 is 5.22. The number of anilines is 2. The molecule has 2 amide bonds. The van der Waals surface area contributed by atoms with Gasteiger partial charge in [-0.05, 0) is 54.1 Å². The van der Waals surface area contributed by atoms with Crippen molar-refractivity contribution >= 4 is 34.4 Å². The van der Waals surface area contributed by atoms with E-state index in [1.54, 1.807) is 24.3 Å². The highest BCUT2D eigenvalue weighted by molar-refractivity contribution is 6.46. The Hall–Kier alpha value is -4.97. The van der Waals surface area contributed by atoms with E-state index in [-0.39, 0.29) is 17.0 Å². The Morgan fingerprint density at radius 1 is 1.00 bits per heavy atom. The minimum atomic E-state index is -0.596. The zero-order chi connectivity index (χ0) is 23.5. The average Bonchev–Trinajstić information content (AvgIpc) is 3.08. The van der Waals surface area contributed by atoms with Gasteiger partial charge in [-0.25, -0.2) is 4.90 Å². The molecule has 33 heavy (non-hydrogen) atoms. The number of carbonyl (C=O) groups is 2. The van der Waals surface area contributed by atoms with Crippen LogP contribution in [-0.4, -0.2) is 23.8 Å². The number of benzene rings is 3. The number of carbonyl (C=O) groups excluding carboxylic acids is 2. The van der Waals surface area contributed by atoms with E-state index in [0.29, 0.717) is 28.3 Å². The highest BCUT2D eigenvalue weighted by Crippen LogP contribution is 2.34. The van der Waals surface area contributed by atoms with E-state index in [4.69, 9.17) is 10.00 Å². The summed E-state index contributed by atoms with van der Waals surface area (Å²) in [5, 5.41) is 23.1. The van der Waals surface area contributed by atoms with Crippen LogP contribution < -0.4 is 15.0 Å². The molecule has 0 saturated heterocycles. The van der Waals surface area contributed by atoms with Gasteiger partial charge in [0.2, 0.25) is 0 Å². The van der Waals surface area contributed by atoms with Gasteiger partial charge in [0, 0.05) is 23.9 Å². The predicted molar refractivity (Wildman–Crippen MR) is 120 cm³/mol. The lowest BCUT2D eigenvalue weighted by Crippen LogP contribution is -2.32. The number of nitrogens with zero attached hydrogens (tertiary/aromatic N) is 3. The second kappa shape index (κ2) is 8.64. The summed E-state index contributed by atoms with van der Waals surface area (Å²) >= 11 is 0. The average molecular weight is 440 g/mol. The maximum atomic E-state index is 13.4. The summed E-state index contributed by atoms with van der Waals surface area (Å²) in [6.07, 6.45) is 0. The Morgan fingerprint density at radius 2 is 1.70 bits per heavy atom. The number of imide groups is 1. The van der Waals surface area contributed by atoms with E-state index < -0.39 is 16.7 Å². The van der Waals surface area contributed by atoms with Crippen LogP contribution in [0.1, 0.15) is 11.1 Å². The summed E-state index contributed by atoms with van der Waals surface area (Å²) in [5.74, 6) is -0.636. The third kappa shape index (κ3) is 4.00. The monoisotopic (exact) mass is 440 g/mol. The molecule has 1 aliphatic heterocycles. The fourth-order valence-corrected chi connectivity index (χ4v) is 3.43. The van der Waals surface area contributed by atoms with Crippen molar-refractivity contribution in [3.05, 3.63) is 99.7 Å². The lowest BCUT2D eigenvalue weighted by atomic mass is 10.0. The molecule has 1 heterocycles. The summed E-state index contributed by atoms with van der Waals surface area (Å²) in [6, 6.07) is 20.3. The third-order valence-electron chi connectivity index (χ3n) is 5.04. The number of nitro benzene ring substituents is 1. The van der Waals surface area contributed by atoms with Crippen molar-refractivity contribution in [1.82, 2.24) is 0 Å². The molecule has 0 aromatic heterocycles. The molecule has 0 aliphatic carbocycles. The van der Waals surface area contributed by atoms with Gasteiger partial charge in [0.05, 0.1) is 34.9 Å². The van der Waals surface area contributed by atoms with Crippen LogP contribution in [-0.2, 0) is 9.59 Å². The summed E-state index contributed by atoms with van der Waals surface area (Å²) in [7, 11) is 1.51. The number of non-ortho nitro benzene ring substituents is 1. The quantitative estimate of drug-likeness (QED) is 0.350. The van der Waals surface area contributed by atoms with Crippen LogP contribution in [0.5, 0.6) is 5.75 Å². The van der Waals surface area contributed by atoms with E-state index in [0.717, 1.165) is 4.90 Å². The van der Waals surface area contributed by atoms with Gasteiger partial charge in [0.15, 0.2) is 0 Å². The highest BCUT2D eigenvalue weighted by Gasteiger charge is 2.40. The fourth-order valence-electron chi connectivity index (χ4n) is 3.43. The van der Waals surface area contributed by atoms with Gasteiger partial charge in [0.1, 0.15) is 11.4 Å². The second-order valence-corrected chi connectivity index (χ2v) is 7.02. The van der Waals surface area contributed by atoms with Crippen molar-refractivity contribution in [2.24, 2.45) is 0 Å². The molecule has 1 aliphatic rings. The molecule has 1 N–H and O–H groups in total. The molecule has 3 aromatic rings. The minimum absolute atomic E-state index is 0.0199. The molecule has 9 nitrogen and oxygen atoms in total. The third-order valence-corrected chi connectivity index (χ3v) is 5.04. The SMILES string of the molecule is COc1cccc(NC2=C(c3ccc([N+](=O)[O-])cc3)C(=O)N(c3ccc(C#N)cc3)C2=O)c1. The molecule has 0 spiro atoms. The summed E-state index contributed by atoms with van der Waals surface area (Å²) in [6.45, 7) is 0. The van der Waals surface area contributed by atoms with Crippen molar-refractivity contribution in [3.63, 3.8) is 0 Å². The molecule has 3 aromatic carbocycles. The van der Waals surface area contributed by atoms with Crippen molar-refractivity contribution in [1.29, 1.82) is 5.26 Å². The van der Waals surface area contributed by atoms with Gasteiger partial charge in [0.25, 0.3) is 17.5 Å². The Kier molecular flexibility index (Phi) is 5.57. The van der Waals surface area contributed by atoms with Crippen LogP contribution in [0.3, 0.4) is 0 Å². The van der Waals surface area contributed by atoms with Crippen LogP contribution in [0.4, 0.5) is 17.1 Å². The molecule has 0 saturated carbocycles. The molecular weight excluding hydrogens is 424 g/mol. The number of ether oxygens (including phenoxy) is 1. The maximum Gasteiger partial charge on any atom is 0.282 e.